The fraction of sp³-hybridized carbons (Fsp3) is 0.625. The van der Waals surface area contributed by atoms with E-state index < -0.39 is 0 Å². The Morgan fingerprint density at radius 3 is 2.72 bits per heavy atom. The van der Waals surface area contributed by atoms with Crippen LogP contribution >= 0.6 is 0 Å². The van der Waals surface area contributed by atoms with Crippen LogP contribution in [0.2, 0.25) is 0 Å². The molecule has 0 bridgehead atoms. The van der Waals surface area contributed by atoms with Gasteiger partial charge in [0.15, 0.2) is 0 Å². The summed E-state index contributed by atoms with van der Waals surface area (Å²) in [7, 11) is 0. The number of nitrogens with one attached hydrogen (secondary N) is 1. The zero-order valence-electron chi connectivity index (χ0n) is 11.6. The van der Waals surface area contributed by atoms with Gasteiger partial charge in [-0.15, -0.1) is 0 Å². The van der Waals surface area contributed by atoms with Gasteiger partial charge in [-0.2, -0.15) is 0 Å². The molecule has 1 saturated heterocycles. The Bertz CT molecular complexity index is 345. The summed E-state index contributed by atoms with van der Waals surface area (Å²) in [5.74, 6) is 1.01. The first kappa shape index (κ1) is 13.4. The van der Waals surface area contributed by atoms with Gasteiger partial charge in [-0.3, -0.25) is 0 Å². The summed E-state index contributed by atoms with van der Waals surface area (Å²) in [6.07, 6.45) is 6.77. The van der Waals surface area contributed by atoms with Gasteiger partial charge in [-0.05, 0) is 56.7 Å². The predicted octanol–water partition coefficient (Wildman–Crippen LogP) is 2.22. The third kappa shape index (κ3) is 4.69. The summed E-state index contributed by atoms with van der Waals surface area (Å²) in [5.41, 5.74) is 1.27. The third-order valence-corrected chi connectivity index (χ3v) is 3.74. The molecule has 1 heterocycles. The topological polar surface area (TPSA) is 13.7 Å². The smallest absolute Gasteiger partial charge is 0.119 e. The van der Waals surface area contributed by atoms with Crippen LogP contribution in [-0.2, 0) is 0 Å². The van der Waals surface area contributed by atoms with Gasteiger partial charge in [0.25, 0.3) is 0 Å². The Hall–Kier alpha value is -1.02. The fourth-order valence-electron chi connectivity index (χ4n) is 2.67. The van der Waals surface area contributed by atoms with Crippen LogP contribution in [-0.4, -0.2) is 26.2 Å². The van der Waals surface area contributed by atoms with E-state index in [-0.39, 0.29) is 0 Å². The van der Waals surface area contributed by atoms with Crippen molar-refractivity contribution in [3.05, 3.63) is 29.8 Å². The molecule has 1 aliphatic heterocycles. The highest BCUT2D eigenvalue weighted by Crippen LogP contribution is 2.12. The van der Waals surface area contributed by atoms with E-state index in [2.05, 4.69) is 25.1 Å². The van der Waals surface area contributed by atoms with Crippen molar-refractivity contribution in [2.75, 3.05) is 26.2 Å². The Morgan fingerprint density at radius 1 is 1.11 bits per heavy atom. The van der Waals surface area contributed by atoms with Gasteiger partial charge in [0.2, 0.25) is 0 Å². The first-order valence-corrected chi connectivity index (χ1v) is 7.37. The van der Waals surface area contributed by atoms with Crippen molar-refractivity contribution in [2.24, 2.45) is 0 Å². The van der Waals surface area contributed by atoms with Crippen molar-refractivity contribution < 1.29 is 9.64 Å². The zero-order valence-corrected chi connectivity index (χ0v) is 11.6. The Labute approximate surface area is 111 Å². The molecule has 0 aromatic heterocycles. The molecule has 0 radical (unpaired) electrons. The van der Waals surface area contributed by atoms with Crippen LogP contribution in [0.1, 0.15) is 37.7 Å². The van der Waals surface area contributed by atoms with Crippen molar-refractivity contribution in [3.8, 4) is 5.75 Å². The first-order chi connectivity index (χ1) is 8.84. The van der Waals surface area contributed by atoms with E-state index in [1.54, 1.807) is 4.90 Å². The lowest BCUT2D eigenvalue weighted by Gasteiger charge is -2.23. The summed E-state index contributed by atoms with van der Waals surface area (Å²) < 4.78 is 5.77. The van der Waals surface area contributed by atoms with Gasteiger partial charge in [-0.25, -0.2) is 0 Å². The van der Waals surface area contributed by atoms with Crippen LogP contribution in [0.25, 0.3) is 0 Å². The second-order valence-electron chi connectivity index (χ2n) is 5.43. The second kappa shape index (κ2) is 7.42. The van der Waals surface area contributed by atoms with Crippen LogP contribution < -0.4 is 9.64 Å². The highest BCUT2D eigenvalue weighted by Gasteiger charge is 2.12. The molecule has 1 aromatic carbocycles. The normalized spacial score (nSPS) is 16.7. The Balaban J connectivity index is 1.55. The maximum atomic E-state index is 5.77. The van der Waals surface area contributed by atoms with E-state index in [9.17, 15) is 0 Å². The highest BCUT2D eigenvalue weighted by molar-refractivity contribution is 5.27. The number of rotatable bonds is 6. The molecule has 2 rings (SSSR count). The van der Waals surface area contributed by atoms with Crippen LogP contribution in [0.5, 0.6) is 5.75 Å². The van der Waals surface area contributed by atoms with E-state index >= 15 is 0 Å². The van der Waals surface area contributed by atoms with Crippen LogP contribution in [0.4, 0.5) is 0 Å². The first-order valence-electron chi connectivity index (χ1n) is 7.37. The molecule has 18 heavy (non-hydrogen) atoms. The molecule has 1 aliphatic rings. The van der Waals surface area contributed by atoms with Gasteiger partial charge >= 0.3 is 0 Å². The minimum atomic E-state index is 0.858. The highest BCUT2D eigenvalue weighted by atomic mass is 16.5. The molecule has 0 atom stereocenters. The average Bonchev–Trinajstić information content (AvgIpc) is 2.40. The number of likely N-dealkylation sites (tertiary alicyclic amines) is 1. The number of aryl methyl sites for hydroxylation is 1. The number of quaternary nitrogens is 1. The molecule has 1 aromatic rings. The molecule has 1 fully saturated rings. The van der Waals surface area contributed by atoms with E-state index in [1.807, 2.05) is 6.07 Å². The molecular weight excluding hydrogens is 222 g/mol. The molecule has 0 amide bonds. The Morgan fingerprint density at radius 2 is 1.94 bits per heavy atom. The number of ether oxygens (including phenoxy) is 1. The minimum Gasteiger partial charge on any atom is -0.494 e. The van der Waals surface area contributed by atoms with Crippen LogP contribution in [0.15, 0.2) is 24.3 Å². The molecule has 0 unspecified atom stereocenters. The minimum absolute atomic E-state index is 0.858. The van der Waals surface area contributed by atoms with Gasteiger partial charge in [-0.1, -0.05) is 12.1 Å². The standard InChI is InChI=1S/C16H25NO/c1-15-8-7-9-16(14-15)18-13-6-5-12-17-10-3-2-4-11-17/h7-9,14H,2-6,10-13H2,1H3/p+1. The van der Waals surface area contributed by atoms with Crippen molar-refractivity contribution in [2.45, 2.75) is 39.0 Å². The van der Waals surface area contributed by atoms with E-state index in [0.717, 1.165) is 12.4 Å². The molecular formula is C16H26NO+. The van der Waals surface area contributed by atoms with Gasteiger partial charge < -0.3 is 9.64 Å². The maximum absolute atomic E-state index is 5.77. The van der Waals surface area contributed by atoms with Crippen molar-refractivity contribution in [3.63, 3.8) is 0 Å². The number of unbranched alkanes of at least 4 members (excludes halogenated alkanes) is 1. The summed E-state index contributed by atoms with van der Waals surface area (Å²) in [6, 6.07) is 8.31. The number of hydrogen-bond acceptors (Lipinski definition) is 1. The van der Waals surface area contributed by atoms with E-state index in [4.69, 9.17) is 4.74 Å². The summed E-state index contributed by atoms with van der Waals surface area (Å²) in [4.78, 5) is 1.80. The molecule has 2 heteroatoms. The zero-order chi connectivity index (χ0) is 12.6. The number of hydrogen-bond donors (Lipinski definition) is 1. The molecule has 1 N–H and O–H groups in total. The molecule has 0 saturated carbocycles. The van der Waals surface area contributed by atoms with Crippen molar-refractivity contribution >= 4 is 0 Å². The van der Waals surface area contributed by atoms with Crippen LogP contribution in [0, 0.1) is 6.92 Å². The monoisotopic (exact) mass is 248 g/mol. The average molecular weight is 248 g/mol. The van der Waals surface area contributed by atoms with Crippen LogP contribution in [0.3, 0.4) is 0 Å². The largest absolute Gasteiger partial charge is 0.494 e. The summed E-state index contributed by atoms with van der Waals surface area (Å²) >= 11 is 0. The van der Waals surface area contributed by atoms with Crippen molar-refractivity contribution in [1.82, 2.24) is 0 Å². The lowest BCUT2D eigenvalue weighted by atomic mass is 10.1. The van der Waals surface area contributed by atoms with E-state index in [1.165, 1.54) is 57.3 Å². The van der Waals surface area contributed by atoms with Gasteiger partial charge in [0, 0.05) is 0 Å². The summed E-state index contributed by atoms with van der Waals surface area (Å²) in [5, 5.41) is 0. The number of piperidine rings is 1. The maximum Gasteiger partial charge on any atom is 0.119 e. The Kier molecular flexibility index (Phi) is 5.53. The lowest BCUT2D eigenvalue weighted by Crippen LogP contribution is -3.12. The quantitative estimate of drug-likeness (QED) is 0.762. The van der Waals surface area contributed by atoms with Gasteiger partial charge in [0.1, 0.15) is 5.75 Å². The SMILES string of the molecule is Cc1cccc(OCCCC[NH+]2CCCCC2)c1. The summed E-state index contributed by atoms with van der Waals surface area (Å²) in [6.45, 7) is 7.07. The number of benzene rings is 1. The fourth-order valence-corrected chi connectivity index (χ4v) is 2.67. The lowest BCUT2D eigenvalue weighted by molar-refractivity contribution is -0.905. The second-order valence-corrected chi connectivity index (χ2v) is 5.43. The van der Waals surface area contributed by atoms with E-state index in [0.29, 0.717) is 0 Å². The molecule has 100 valence electrons. The molecule has 0 spiro atoms. The van der Waals surface area contributed by atoms with Crippen molar-refractivity contribution in [1.29, 1.82) is 0 Å². The molecule has 0 aliphatic carbocycles. The molecule has 2 nitrogen and oxygen atoms in total. The third-order valence-electron chi connectivity index (χ3n) is 3.74. The van der Waals surface area contributed by atoms with Gasteiger partial charge in [0.05, 0.1) is 26.2 Å². The predicted molar refractivity (Wildman–Crippen MR) is 75.3 cm³/mol.